The Bertz CT molecular complexity index is 377. The van der Waals surface area contributed by atoms with Crippen LogP contribution < -0.4 is 0 Å². The van der Waals surface area contributed by atoms with Crippen molar-refractivity contribution < 1.29 is 0 Å². The maximum Gasteiger partial charge on any atom is 0.0658 e. The average molecular weight is 231 g/mol. The number of hydrogen-bond acceptors (Lipinski definition) is 1. The molecule has 0 fully saturated rings. The van der Waals surface area contributed by atoms with Gasteiger partial charge in [0.1, 0.15) is 0 Å². The summed E-state index contributed by atoms with van der Waals surface area (Å²) < 4.78 is 0. The molecule has 0 atom stereocenters. The zero-order chi connectivity index (χ0) is 12.7. The monoisotopic (exact) mass is 231 g/mol. The fraction of sp³-hybridized carbons (Fsp3) is 0.562. The summed E-state index contributed by atoms with van der Waals surface area (Å²) in [6, 6.07) is 6.61. The molecular formula is C16H25N. The number of aliphatic imine (C=N–C) groups is 1. The van der Waals surface area contributed by atoms with Gasteiger partial charge in [0, 0.05) is 5.71 Å². The lowest BCUT2D eigenvalue weighted by atomic mass is 10.1. The highest BCUT2D eigenvalue weighted by molar-refractivity contribution is 5.87. The van der Waals surface area contributed by atoms with Crippen molar-refractivity contribution in [3.8, 4) is 0 Å². The molecule has 0 amide bonds. The molecule has 0 unspecified atom stereocenters. The first-order chi connectivity index (χ1) is 8.21. The number of aryl methyl sites for hydroxylation is 2. The summed E-state index contributed by atoms with van der Waals surface area (Å²) in [7, 11) is 0. The van der Waals surface area contributed by atoms with Crippen LogP contribution in [0, 0.1) is 6.92 Å². The number of rotatable bonds is 6. The minimum absolute atomic E-state index is 1.06. The Balaban J connectivity index is 2.87. The predicted molar refractivity (Wildman–Crippen MR) is 77.5 cm³/mol. The van der Waals surface area contributed by atoms with Gasteiger partial charge in [-0.25, -0.2) is 0 Å². The largest absolute Gasteiger partial charge is 0.258 e. The Kier molecular flexibility index (Phi) is 5.96. The fourth-order valence-electron chi connectivity index (χ4n) is 1.93. The maximum atomic E-state index is 4.81. The molecule has 0 bridgehead atoms. The van der Waals surface area contributed by atoms with E-state index in [-0.39, 0.29) is 0 Å². The van der Waals surface area contributed by atoms with Gasteiger partial charge in [0.2, 0.25) is 0 Å². The summed E-state index contributed by atoms with van der Waals surface area (Å²) in [5, 5.41) is 0. The van der Waals surface area contributed by atoms with Crippen LogP contribution in [0.1, 0.15) is 57.6 Å². The van der Waals surface area contributed by atoms with Gasteiger partial charge in [-0.3, -0.25) is 4.99 Å². The number of nitrogens with zero attached hydrogens (tertiary/aromatic N) is 1. The van der Waals surface area contributed by atoms with Gasteiger partial charge in [0.15, 0.2) is 0 Å². The molecular weight excluding hydrogens is 206 g/mol. The Labute approximate surface area is 106 Å². The van der Waals surface area contributed by atoms with Crippen molar-refractivity contribution in [3.05, 3.63) is 29.3 Å². The van der Waals surface area contributed by atoms with Crippen molar-refractivity contribution in [2.45, 2.75) is 59.8 Å². The van der Waals surface area contributed by atoms with Crippen LogP contribution in [0.3, 0.4) is 0 Å². The van der Waals surface area contributed by atoms with E-state index >= 15 is 0 Å². The molecule has 0 saturated heterocycles. The van der Waals surface area contributed by atoms with E-state index in [1.807, 2.05) is 0 Å². The van der Waals surface area contributed by atoms with E-state index in [4.69, 9.17) is 4.99 Å². The van der Waals surface area contributed by atoms with Gasteiger partial charge >= 0.3 is 0 Å². The molecule has 1 aromatic rings. The van der Waals surface area contributed by atoms with Crippen LogP contribution in [-0.2, 0) is 6.42 Å². The second-order valence-electron chi connectivity index (χ2n) is 4.61. The quantitative estimate of drug-likeness (QED) is 0.594. The molecule has 0 aliphatic rings. The molecule has 94 valence electrons. The SMILES string of the molecule is CCCC/C(CC)=N\c1ccc(CC)cc1C. The second-order valence-corrected chi connectivity index (χ2v) is 4.61. The molecule has 1 aromatic carbocycles. The van der Waals surface area contributed by atoms with Gasteiger partial charge in [-0.2, -0.15) is 0 Å². The highest BCUT2D eigenvalue weighted by atomic mass is 14.7. The van der Waals surface area contributed by atoms with Crippen molar-refractivity contribution >= 4 is 11.4 Å². The molecule has 0 spiro atoms. The van der Waals surface area contributed by atoms with Crippen LogP contribution in [0.25, 0.3) is 0 Å². The third kappa shape index (κ3) is 4.33. The molecule has 0 aromatic heterocycles. The molecule has 17 heavy (non-hydrogen) atoms. The summed E-state index contributed by atoms with van der Waals surface area (Å²) >= 11 is 0. The van der Waals surface area contributed by atoms with E-state index < -0.39 is 0 Å². The van der Waals surface area contributed by atoms with Crippen molar-refractivity contribution in [2.75, 3.05) is 0 Å². The smallest absolute Gasteiger partial charge is 0.0658 e. The molecule has 0 aliphatic heterocycles. The molecule has 0 saturated carbocycles. The second kappa shape index (κ2) is 7.26. The van der Waals surface area contributed by atoms with Crippen LogP contribution in [0.2, 0.25) is 0 Å². The van der Waals surface area contributed by atoms with E-state index in [2.05, 4.69) is 45.9 Å². The van der Waals surface area contributed by atoms with Crippen LogP contribution in [-0.4, -0.2) is 5.71 Å². The van der Waals surface area contributed by atoms with Crippen LogP contribution in [0.5, 0.6) is 0 Å². The zero-order valence-electron chi connectivity index (χ0n) is 11.7. The first kappa shape index (κ1) is 14.0. The molecule has 0 heterocycles. The standard InChI is InChI=1S/C16H25N/c1-5-8-9-15(7-3)17-16-11-10-14(6-2)12-13(16)4/h10-12H,5-9H2,1-4H3/b17-15-. The van der Waals surface area contributed by atoms with Crippen molar-refractivity contribution in [1.29, 1.82) is 0 Å². The number of unbranched alkanes of at least 4 members (excludes halogenated alkanes) is 1. The maximum absolute atomic E-state index is 4.81. The lowest BCUT2D eigenvalue weighted by Crippen LogP contribution is -1.95. The van der Waals surface area contributed by atoms with Gasteiger partial charge < -0.3 is 0 Å². The van der Waals surface area contributed by atoms with Gasteiger partial charge in [0.05, 0.1) is 5.69 Å². The van der Waals surface area contributed by atoms with E-state index in [0.717, 1.165) is 24.9 Å². The minimum Gasteiger partial charge on any atom is -0.258 e. The topological polar surface area (TPSA) is 12.4 Å². The summed E-state index contributed by atoms with van der Waals surface area (Å²) in [5.41, 5.74) is 5.18. The molecule has 0 aliphatic carbocycles. The van der Waals surface area contributed by atoms with Crippen LogP contribution in [0.4, 0.5) is 5.69 Å². The zero-order valence-corrected chi connectivity index (χ0v) is 11.7. The predicted octanol–water partition coefficient (Wildman–Crippen LogP) is 5.23. The van der Waals surface area contributed by atoms with Gasteiger partial charge in [0.25, 0.3) is 0 Å². The third-order valence-corrected chi connectivity index (χ3v) is 3.18. The molecule has 0 N–H and O–H groups in total. The lowest BCUT2D eigenvalue weighted by Gasteiger charge is -2.07. The molecule has 1 rings (SSSR count). The summed E-state index contributed by atoms with van der Waals surface area (Å²) in [5.74, 6) is 0. The third-order valence-electron chi connectivity index (χ3n) is 3.18. The van der Waals surface area contributed by atoms with Gasteiger partial charge in [-0.1, -0.05) is 39.3 Å². The van der Waals surface area contributed by atoms with Gasteiger partial charge in [-0.05, 0) is 49.8 Å². The first-order valence-electron chi connectivity index (χ1n) is 6.87. The summed E-state index contributed by atoms with van der Waals surface area (Å²) in [4.78, 5) is 4.81. The average Bonchev–Trinajstić information content (AvgIpc) is 2.36. The fourth-order valence-corrected chi connectivity index (χ4v) is 1.93. The minimum atomic E-state index is 1.06. The molecule has 1 heteroatoms. The van der Waals surface area contributed by atoms with E-state index in [0.29, 0.717) is 0 Å². The van der Waals surface area contributed by atoms with Crippen molar-refractivity contribution in [1.82, 2.24) is 0 Å². The normalized spacial score (nSPS) is 11.9. The van der Waals surface area contributed by atoms with E-state index in [1.165, 1.54) is 29.7 Å². The van der Waals surface area contributed by atoms with Crippen molar-refractivity contribution in [3.63, 3.8) is 0 Å². The van der Waals surface area contributed by atoms with E-state index in [9.17, 15) is 0 Å². The van der Waals surface area contributed by atoms with Crippen LogP contribution >= 0.6 is 0 Å². The van der Waals surface area contributed by atoms with E-state index in [1.54, 1.807) is 0 Å². The number of benzene rings is 1. The lowest BCUT2D eigenvalue weighted by molar-refractivity contribution is 0.826. The van der Waals surface area contributed by atoms with Crippen LogP contribution in [0.15, 0.2) is 23.2 Å². The Morgan fingerprint density at radius 3 is 2.47 bits per heavy atom. The first-order valence-corrected chi connectivity index (χ1v) is 6.87. The van der Waals surface area contributed by atoms with Crippen molar-refractivity contribution in [2.24, 2.45) is 4.99 Å². The highest BCUT2D eigenvalue weighted by Gasteiger charge is 2.01. The summed E-state index contributed by atoms with van der Waals surface area (Å²) in [6.45, 7) is 8.78. The Morgan fingerprint density at radius 1 is 1.18 bits per heavy atom. The Morgan fingerprint density at radius 2 is 1.94 bits per heavy atom. The number of hydrogen-bond donors (Lipinski definition) is 0. The molecule has 1 nitrogen and oxygen atoms in total. The summed E-state index contributed by atoms with van der Waals surface area (Å²) in [6.07, 6.45) is 5.80. The highest BCUT2D eigenvalue weighted by Crippen LogP contribution is 2.21. The Hall–Kier alpha value is -1.11. The van der Waals surface area contributed by atoms with Gasteiger partial charge in [-0.15, -0.1) is 0 Å². The molecule has 0 radical (unpaired) electrons.